The Kier molecular flexibility index (Phi) is 6.05. The van der Waals surface area contributed by atoms with Crippen molar-refractivity contribution in [1.82, 2.24) is 5.32 Å². The highest BCUT2D eigenvalue weighted by molar-refractivity contribution is 5.77. The maximum Gasteiger partial charge on any atom is 0.188 e. The van der Waals surface area contributed by atoms with Crippen LogP contribution in [0.3, 0.4) is 0 Å². The molecule has 1 aromatic rings. The van der Waals surface area contributed by atoms with Gasteiger partial charge in [0.2, 0.25) is 0 Å². The third-order valence-electron chi connectivity index (χ3n) is 2.62. The molecule has 0 saturated carbocycles. The highest BCUT2D eigenvalue weighted by Crippen LogP contribution is 2.11. The van der Waals surface area contributed by atoms with Crippen molar-refractivity contribution in [2.75, 3.05) is 13.7 Å². The van der Waals surface area contributed by atoms with Crippen molar-refractivity contribution >= 4 is 5.96 Å². The smallest absolute Gasteiger partial charge is 0.188 e. The zero-order valence-corrected chi connectivity index (χ0v) is 11.4. The summed E-state index contributed by atoms with van der Waals surface area (Å²) in [6.07, 6.45) is 1.10. The molecule has 0 heterocycles. The van der Waals surface area contributed by atoms with E-state index < -0.39 is 0 Å². The minimum atomic E-state index is 0.506. The third-order valence-corrected chi connectivity index (χ3v) is 2.62. The summed E-state index contributed by atoms with van der Waals surface area (Å²) in [7, 11) is 1.66. The lowest BCUT2D eigenvalue weighted by molar-refractivity contribution is 0.414. The molecule has 4 nitrogen and oxygen atoms in total. The van der Waals surface area contributed by atoms with Crippen LogP contribution in [-0.2, 0) is 6.54 Å². The number of nitrogens with two attached hydrogens (primary N) is 1. The van der Waals surface area contributed by atoms with Gasteiger partial charge in [-0.25, -0.2) is 4.99 Å². The molecule has 18 heavy (non-hydrogen) atoms. The van der Waals surface area contributed by atoms with Gasteiger partial charge < -0.3 is 15.8 Å². The lowest BCUT2D eigenvalue weighted by atomic mass is 10.1. The van der Waals surface area contributed by atoms with Crippen LogP contribution < -0.4 is 15.8 Å². The first-order valence-electron chi connectivity index (χ1n) is 6.28. The van der Waals surface area contributed by atoms with Gasteiger partial charge in [-0.15, -0.1) is 0 Å². The minimum Gasteiger partial charge on any atom is -0.497 e. The number of rotatable bonds is 6. The second-order valence-corrected chi connectivity index (χ2v) is 4.66. The number of methoxy groups -OCH3 is 1. The maximum absolute atomic E-state index is 5.78. The number of guanidine groups is 1. The van der Waals surface area contributed by atoms with Crippen molar-refractivity contribution in [3.63, 3.8) is 0 Å². The van der Waals surface area contributed by atoms with E-state index in [1.54, 1.807) is 7.11 Å². The summed E-state index contributed by atoms with van der Waals surface area (Å²) in [6, 6.07) is 7.83. The first kappa shape index (κ1) is 14.4. The zero-order valence-electron chi connectivity index (χ0n) is 11.4. The van der Waals surface area contributed by atoms with Gasteiger partial charge in [0.05, 0.1) is 13.7 Å². The summed E-state index contributed by atoms with van der Waals surface area (Å²) < 4.78 is 5.10. The molecular weight excluding hydrogens is 226 g/mol. The van der Waals surface area contributed by atoms with Gasteiger partial charge in [0, 0.05) is 6.54 Å². The highest BCUT2D eigenvalue weighted by Gasteiger charge is 1.96. The largest absolute Gasteiger partial charge is 0.497 e. The topological polar surface area (TPSA) is 59.6 Å². The van der Waals surface area contributed by atoms with E-state index in [9.17, 15) is 0 Å². The second-order valence-electron chi connectivity index (χ2n) is 4.66. The molecule has 0 amide bonds. The van der Waals surface area contributed by atoms with E-state index in [0.29, 0.717) is 18.4 Å². The van der Waals surface area contributed by atoms with Crippen LogP contribution in [0.15, 0.2) is 29.3 Å². The predicted molar refractivity (Wildman–Crippen MR) is 75.8 cm³/mol. The van der Waals surface area contributed by atoms with Crippen LogP contribution in [0.4, 0.5) is 0 Å². The number of nitrogens with zero attached hydrogens (tertiary/aromatic N) is 1. The van der Waals surface area contributed by atoms with Crippen LogP contribution in [-0.4, -0.2) is 19.6 Å². The summed E-state index contributed by atoms with van der Waals surface area (Å²) >= 11 is 0. The van der Waals surface area contributed by atoms with Crippen molar-refractivity contribution in [2.24, 2.45) is 16.6 Å². The molecule has 0 aliphatic heterocycles. The van der Waals surface area contributed by atoms with Gasteiger partial charge in [0.25, 0.3) is 0 Å². The quantitative estimate of drug-likeness (QED) is 0.600. The molecule has 0 unspecified atom stereocenters. The molecule has 1 rings (SSSR count). The standard InChI is InChI=1S/C14H23N3O/c1-11(2)8-9-16-14(15)17-10-12-4-6-13(18-3)7-5-12/h4-7,11H,8-10H2,1-3H3,(H3,15,16,17). The Labute approximate surface area is 109 Å². The van der Waals surface area contributed by atoms with Gasteiger partial charge in [-0.1, -0.05) is 26.0 Å². The van der Waals surface area contributed by atoms with Crippen molar-refractivity contribution in [3.05, 3.63) is 29.8 Å². The van der Waals surface area contributed by atoms with E-state index in [1.165, 1.54) is 0 Å². The summed E-state index contributed by atoms with van der Waals surface area (Å²) in [5.74, 6) is 2.03. The van der Waals surface area contributed by atoms with Crippen LogP contribution in [0.1, 0.15) is 25.8 Å². The molecule has 0 radical (unpaired) electrons. The summed E-state index contributed by atoms with van der Waals surface area (Å²) in [5.41, 5.74) is 6.89. The minimum absolute atomic E-state index is 0.506. The summed E-state index contributed by atoms with van der Waals surface area (Å²) in [6.45, 7) is 5.83. The molecule has 0 bridgehead atoms. The van der Waals surface area contributed by atoms with Gasteiger partial charge in [0.1, 0.15) is 5.75 Å². The van der Waals surface area contributed by atoms with E-state index >= 15 is 0 Å². The predicted octanol–water partition coefficient (Wildman–Crippen LogP) is 2.15. The molecule has 1 aromatic carbocycles. The monoisotopic (exact) mass is 249 g/mol. The van der Waals surface area contributed by atoms with Crippen LogP contribution in [0.2, 0.25) is 0 Å². The Morgan fingerprint density at radius 2 is 2.00 bits per heavy atom. The summed E-state index contributed by atoms with van der Waals surface area (Å²) in [5, 5.41) is 3.11. The number of hydrogen-bond acceptors (Lipinski definition) is 2. The third kappa shape index (κ3) is 5.57. The van der Waals surface area contributed by atoms with Crippen molar-refractivity contribution in [3.8, 4) is 5.75 Å². The lowest BCUT2D eigenvalue weighted by Crippen LogP contribution is -2.32. The average molecular weight is 249 g/mol. The van der Waals surface area contributed by atoms with Gasteiger partial charge in [0.15, 0.2) is 5.96 Å². The Morgan fingerprint density at radius 1 is 1.33 bits per heavy atom. The van der Waals surface area contributed by atoms with Gasteiger partial charge >= 0.3 is 0 Å². The van der Waals surface area contributed by atoms with Gasteiger partial charge in [-0.2, -0.15) is 0 Å². The number of nitrogens with one attached hydrogen (secondary N) is 1. The SMILES string of the molecule is COc1ccc(CN=C(N)NCCC(C)C)cc1. The van der Waals surface area contributed by atoms with Crippen molar-refractivity contribution in [1.29, 1.82) is 0 Å². The van der Waals surface area contributed by atoms with E-state index in [1.807, 2.05) is 24.3 Å². The fraction of sp³-hybridized carbons (Fsp3) is 0.500. The van der Waals surface area contributed by atoms with Crippen molar-refractivity contribution < 1.29 is 4.74 Å². The molecule has 0 fully saturated rings. The molecule has 0 aromatic heterocycles. The van der Waals surface area contributed by atoms with Crippen molar-refractivity contribution in [2.45, 2.75) is 26.8 Å². The molecule has 0 saturated heterocycles. The molecule has 0 atom stereocenters. The fourth-order valence-electron chi connectivity index (χ4n) is 1.45. The first-order chi connectivity index (χ1) is 8.61. The van der Waals surface area contributed by atoms with Crippen LogP contribution in [0.25, 0.3) is 0 Å². The fourth-order valence-corrected chi connectivity index (χ4v) is 1.45. The van der Waals surface area contributed by atoms with Gasteiger partial charge in [-0.05, 0) is 30.0 Å². The Balaban J connectivity index is 2.37. The molecule has 0 aliphatic rings. The number of benzene rings is 1. The molecule has 0 aliphatic carbocycles. The average Bonchev–Trinajstić information content (AvgIpc) is 2.36. The summed E-state index contributed by atoms with van der Waals surface area (Å²) in [4.78, 5) is 4.29. The lowest BCUT2D eigenvalue weighted by Gasteiger charge is -2.07. The normalized spacial score (nSPS) is 11.7. The van der Waals surface area contributed by atoms with E-state index in [0.717, 1.165) is 24.3 Å². The Bertz CT molecular complexity index is 371. The van der Waals surface area contributed by atoms with E-state index in [-0.39, 0.29) is 0 Å². The van der Waals surface area contributed by atoms with Gasteiger partial charge in [-0.3, -0.25) is 0 Å². The zero-order chi connectivity index (χ0) is 13.4. The maximum atomic E-state index is 5.78. The number of ether oxygens (including phenoxy) is 1. The highest BCUT2D eigenvalue weighted by atomic mass is 16.5. The molecule has 4 heteroatoms. The Morgan fingerprint density at radius 3 is 2.56 bits per heavy atom. The van der Waals surface area contributed by atoms with Crippen LogP contribution >= 0.6 is 0 Å². The molecule has 100 valence electrons. The van der Waals surface area contributed by atoms with Crippen LogP contribution in [0, 0.1) is 5.92 Å². The van der Waals surface area contributed by atoms with Crippen LogP contribution in [0.5, 0.6) is 5.75 Å². The second kappa shape index (κ2) is 7.58. The van der Waals surface area contributed by atoms with E-state index in [2.05, 4.69) is 24.2 Å². The van der Waals surface area contributed by atoms with E-state index in [4.69, 9.17) is 10.5 Å². The number of hydrogen-bond donors (Lipinski definition) is 2. The first-order valence-corrected chi connectivity index (χ1v) is 6.28. The molecule has 3 N–H and O–H groups in total. The Hall–Kier alpha value is -1.71. The number of aliphatic imine (C=N–C) groups is 1. The molecular formula is C14H23N3O. The molecule has 0 spiro atoms.